The lowest BCUT2D eigenvalue weighted by molar-refractivity contribution is 0.0753. The second-order valence-corrected chi connectivity index (χ2v) is 11.8. The number of aromatic nitrogens is 2. The molecule has 2 aromatic carbocycles. The second kappa shape index (κ2) is 11.5. The summed E-state index contributed by atoms with van der Waals surface area (Å²) in [5.41, 5.74) is -0.806. The van der Waals surface area contributed by atoms with Crippen molar-refractivity contribution in [1.29, 1.82) is 0 Å². The van der Waals surface area contributed by atoms with Crippen LogP contribution in [0.4, 0.5) is 13.6 Å². The Bertz CT molecular complexity index is 1600. The third kappa shape index (κ3) is 6.15. The molecular formula is C29H29F2N3O5S. The number of ether oxygens (including phenoxy) is 2. The van der Waals surface area contributed by atoms with Crippen LogP contribution in [0.15, 0.2) is 84.0 Å². The number of amides is 1. The van der Waals surface area contributed by atoms with Gasteiger partial charge in [0.15, 0.2) is 5.82 Å². The second-order valence-electron chi connectivity index (χ2n) is 9.99. The highest BCUT2D eigenvalue weighted by molar-refractivity contribution is 7.90. The summed E-state index contributed by atoms with van der Waals surface area (Å²) < 4.78 is 69.3. The van der Waals surface area contributed by atoms with E-state index >= 15 is 4.39 Å². The molecule has 0 aliphatic rings. The summed E-state index contributed by atoms with van der Waals surface area (Å²) in [7, 11) is -2.90. The summed E-state index contributed by atoms with van der Waals surface area (Å²) in [6, 6.07) is 17.6. The standard InChI is InChI=1S/C29H29F2N3O5S/c1-29(2,3)33(4)28(35)39-19-21-17-34(26(25(21)30)24-11-8-16-32-27(24)31)40(36,37)23-14-12-22(13-15-23)38-18-20-9-6-5-7-10-20/h5-17H,18-19H2,1-4H3. The van der Waals surface area contributed by atoms with Gasteiger partial charge in [0.05, 0.1) is 10.5 Å². The molecule has 2 heterocycles. The minimum absolute atomic E-state index is 0.184. The van der Waals surface area contributed by atoms with E-state index in [2.05, 4.69) is 4.98 Å². The van der Waals surface area contributed by atoms with Gasteiger partial charge in [-0.15, -0.1) is 0 Å². The topological polar surface area (TPSA) is 90.7 Å². The molecule has 0 bridgehead atoms. The fourth-order valence-electron chi connectivity index (χ4n) is 3.67. The van der Waals surface area contributed by atoms with Gasteiger partial charge in [0.1, 0.15) is 24.7 Å². The fraction of sp³-hybridized carbons (Fsp3) is 0.241. The monoisotopic (exact) mass is 569 g/mol. The van der Waals surface area contributed by atoms with E-state index in [1.807, 2.05) is 30.3 Å². The third-order valence-corrected chi connectivity index (χ3v) is 7.93. The smallest absolute Gasteiger partial charge is 0.410 e. The van der Waals surface area contributed by atoms with E-state index in [0.29, 0.717) is 9.72 Å². The van der Waals surface area contributed by atoms with Gasteiger partial charge in [-0.05, 0) is 62.7 Å². The van der Waals surface area contributed by atoms with Crippen molar-refractivity contribution in [1.82, 2.24) is 13.9 Å². The fourth-order valence-corrected chi connectivity index (χ4v) is 5.07. The molecular weight excluding hydrogens is 540 g/mol. The van der Waals surface area contributed by atoms with E-state index in [-0.39, 0.29) is 22.6 Å². The SMILES string of the molecule is CN(C(=O)OCc1cn(S(=O)(=O)c2ccc(OCc3ccccc3)cc2)c(-c2cccnc2F)c1F)C(C)(C)C. The lowest BCUT2D eigenvalue weighted by Crippen LogP contribution is -2.42. The van der Waals surface area contributed by atoms with Gasteiger partial charge in [0.25, 0.3) is 10.0 Å². The summed E-state index contributed by atoms with van der Waals surface area (Å²) >= 11 is 0. The summed E-state index contributed by atoms with van der Waals surface area (Å²) in [4.78, 5) is 17.1. The number of rotatable bonds is 8. The first-order chi connectivity index (χ1) is 18.9. The van der Waals surface area contributed by atoms with Crippen LogP contribution in [0.5, 0.6) is 5.75 Å². The Kier molecular flexibility index (Phi) is 8.24. The number of halogens is 2. The molecule has 0 N–H and O–H groups in total. The molecule has 0 unspecified atom stereocenters. The lowest BCUT2D eigenvalue weighted by Gasteiger charge is -2.30. The zero-order valence-corrected chi connectivity index (χ0v) is 23.3. The highest BCUT2D eigenvalue weighted by Crippen LogP contribution is 2.33. The van der Waals surface area contributed by atoms with Crippen LogP contribution in [0.1, 0.15) is 31.9 Å². The first kappa shape index (κ1) is 28.8. The molecule has 4 aromatic rings. The molecule has 0 saturated heterocycles. The van der Waals surface area contributed by atoms with Crippen molar-refractivity contribution in [2.24, 2.45) is 0 Å². The van der Waals surface area contributed by atoms with E-state index in [0.717, 1.165) is 18.0 Å². The number of benzene rings is 2. The highest BCUT2D eigenvalue weighted by atomic mass is 32.2. The quantitative estimate of drug-likeness (QED) is 0.242. The van der Waals surface area contributed by atoms with Crippen LogP contribution in [0.2, 0.25) is 0 Å². The van der Waals surface area contributed by atoms with Gasteiger partial charge in [-0.3, -0.25) is 0 Å². The van der Waals surface area contributed by atoms with Gasteiger partial charge in [-0.25, -0.2) is 26.6 Å². The molecule has 210 valence electrons. The normalized spacial score (nSPS) is 11.8. The van der Waals surface area contributed by atoms with Crippen LogP contribution >= 0.6 is 0 Å². The number of nitrogens with zero attached hydrogens (tertiary/aromatic N) is 3. The number of carbonyl (C=O) groups is 1. The summed E-state index contributed by atoms with van der Waals surface area (Å²) in [6.07, 6.45) is 1.41. The summed E-state index contributed by atoms with van der Waals surface area (Å²) in [6.45, 7) is 5.08. The maximum absolute atomic E-state index is 15.7. The number of carbonyl (C=O) groups excluding carboxylic acids is 1. The van der Waals surface area contributed by atoms with Crippen molar-refractivity contribution in [3.05, 3.63) is 102 Å². The molecule has 2 aromatic heterocycles. The maximum atomic E-state index is 15.7. The Morgan fingerprint density at radius 2 is 1.65 bits per heavy atom. The molecule has 0 atom stereocenters. The Morgan fingerprint density at radius 3 is 2.27 bits per heavy atom. The Morgan fingerprint density at radius 1 is 0.975 bits per heavy atom. The lowest BCUT2D eigenvalue weighted by atomic mass is 10.1. The molecule has 1 amide bonds. The average Bonchev–Trinajstić information content (AvgIpc) is 3.27. The maximum Gasteiger partial charge on any atom is 0.410 e. The Balaban J connectivity index is 1.67. The zero-order valence-electron chi connectivity index (χ0n) is 22.5. The van der Waals surface area contributed by atoms with Gasteiger partial charge in [-0.1, -0.05) is 30.3 Å². The molecule has 4 rings (SSSR count). The first-order valence-corrected chi connectivity index (χ1v) is 13.8. The molecule has 0 radical (unpaired) electrons. The van der Waals surface area contributed by atoms with Crippen molar-refractivity contribution in [2.75, 3.05) is 7.05 Å². The van der Waals surface area contributed by atoms with E-state index in [4.69, 9.17) is 9.47 Å². The highest BCUT2D eigenvalue weighted by Gasteiger charge is 2.30. The van der Waals surface area contributed by atoms with Gasteiger partial charge < -0.3 is 14.4 Å². The van der Waals surface area contributed by atoms with Crippen LogP contribution in [0.25, 0.3) is 11.3 Å². The van der Waals surface area contributed by atoms with Gasteiger partial charge in [0, 0.05) is 30.5 Å². The number of hydrogen-bond donors (Lipinski definition) is 0. The summed E-state index contributed by atoms with van der Waals surface area (Å²) in [5, 5.41) is 0. The van der Waals surface area contributed by atoms with Crippen LogP contribution in [0, 0.1) is 11.8 Å². The van der Waals surface area contributed by atoms with Gasteiger partial charge >= 0.3 is 6.09 Å². The van der Waals surface area contributed by atoms with Crippen molar-refractivity contribution in [3.8, 4) is 17.0 Å². The van der Waals surface area contributed by atoms with Crippen LogP contribution in [-0.4, -0.2) is 41.0 Å². The van der Waals surface area contributed by atoms with Crippen LogP contribution in [0.3, 0.4) is 0 Å². The molecule has 8 nitrogen and oxygen atoms in total. The van der Waals surface area contributed by atoms with Gasteiger partial charge in [0.2, 0.25) is 5.95 Å². The molecule has 0 spiro atoms. The molecule has 0 aliphatic carbocycles. The minimum Gasteiger partial charge on any atom is -0.489 e. The Labute approximate surface area is 231 Å². The molecule has 0 fully saturated rings. The largest absolute Gasteiger partial charge is 0.489 e. The van der Waals surface area contributed by atoms with E-state index < -0.39 is 45.7 Å². The Hall–Kier alpha value is -4.25. The first-order valence-electron chi connectivity index (χ1n) is 12.3. The molecule has 11 heteroatoms. The van der Waals surface area contributed by atoms with E-state index in [9.17, 15) is 17.6 Å². The van der Waals surface area contributed by atoms with Crippen LogP contribution < -0.4 is 4.74 Å². The van der Waals surface area contributed by atoms with Crippen molar-refractivity contribution in [2.45, 2.75) is 44.4 Å². The number of pyridine rings is 1. The summed E-state index contributed by atoms with van der Waals surface area (Å²) in [5.74, 6) is -1.68. The minimum atomic E-state index is -4.42. The van der Waals surface area contributed by atoms with Crippen molar-refractivity contribution < 1.29 is 31.5 Å². The van der Waals surface area contributed by atoms with Gasteiger partial charge in [-0.2, -0.15) is 4.39 Å². The van der Waals surface area contributed by atoms with E-state index in [1.54, 1.807) is 20.8 Å². The van der Waals surface area contributed by atoms with Crippen LogP contribution in [-0.2, 0) is 28.0 Å². The van der Waals surface area contributed by atoms with E-state index in [1.165, 1.54) is 48.3 Å². The predicted octanol–water partition coefficient (Wildman–Crippen LogP) is 6.01. The molecule has 0 aliphatic heterocycles. The van der Waals surface area contributed by atoms with Crippen molar-refractivity contribution >= 4 is 16.1 Å². The number of hydrogen-bond acceptors (Lipinski definition) is 6. The predicted molar refractivity (Wildman–Crippen MR) is 145 cm³/mol. The average molecular weight is 570 g/mol. The zero-order chi connectivity index (χ0) is 29.1. The van der Waals surface area contributed by atoms with Crippen molar-refractivity contribution in [3.63, 3.8) is 0 Å². The molecule has 0 saturated carbocycles. The third-order valence-electron chi connectivity index (χ3n) is 6.26. The molecule has 40 heavy (non-hydrogen) atoms.